The summed E-state index contributed by atoms with van der Waals surface area (Å²) in [5.74, 6) is 0. The van der Waals surface area contributed by atoms with E-state index in [1.807, 2.05) is 18.2 Å². The molecule has 3 heteroatoms. The van der Waals surface area contributed by atoms with Crippen LogP contribution >= 0.6 is 7.68 Å². The fourth-order valence-electron chi connectivity index (χ4n) is 1.52. The second kappa shape index (κ2) is 1.70. The summed E-state index contributed by atoms with van der Waals surface area (Å²) in [6.45, 7) is 0. The second-order valence-corrected chi connectivity index (χ2v) is 4.26. The third-order valence-electron chi connectivity index (χ3n) is 2.20. The molecule has 0 aromatic carbocycles. The summed E-state index contributed by atoms with van der Waals surface area (Å²) in [5.41, 5.74) is 1.18. The van der Waals surface area contributed by atoms with Crippen molar-refractivity contribution in [2.75, 3.05) is 0 Å². The number of allylic oxidation sites excluding steroid dienone is 4. The first kappa shape index (κ1) is 6.11. The summed E-state index contributed by atoms with van der Waals surface area (Å²) in [4.78, 5) is 0. The largest absolute Gasteiger partial charge is 0.326 e. The molecule has 0 saturated heterocycles. The normalized spacial score (nSPS) is 34.6. The number of hydrogen-bond donors (Lipinski definition) is 0. The molecule has 0 N–H and O–H groups in total. The Kier molecular flexibility index (Phi) is 1.04. The number of rotatable bonds is 1. The van der Waals surface area contributed by atoms with E-state index in [1.165, 1.54) is 5.57 Å². The molecule has 0 saturated carbocycles. The summed E-state index contributed by atoms with van der Waals surface area (Å²) >= 11 is 0. The molecule has 0 aliphatic heterocycles. The number of hydrogen-bond acceptors (Lipinski definition) is 2. The smallest absolute Gasteiger partial charge is 0.236 e. The number of fused-ring (bicyclic) bond motifs is 2. The lowest BCUT2D eigenvalue weighted by molar-refractivity contribution is 0.492. The molecule has 0 radical (unpaired) electrons. The summed E-state index contributed by atoms with van der Waals surface area (Å²) in [5, 5.41) is -0.509. The molecule has 10 heavy (non-hydrogen) atoms. The summed E-state index contributed by atoms with van der Waals surface area (Å²) < 4.78 is 21.5. The zero-order valence-electron chi connectivity index (χ0n) is 5.41. The van der Waals surface area contributed by atoms with Crippen molar-refractivity contribution in [3.63, 3.8) is 0 Å². The molecule has 52 valence electrons. The Bertz CT molecular complexity index is 291. The van der Waals surface area contributed by atoms with Gasteiger partial charge < -0.3 is 0 Å². The van der Waals surface area contributed by atoms with E-state index >= 15 is 0 Å². The predicted octanol–water partition coefficient (Wildman–Crippen LogP) is 2.19. The van der Waals surface area contributed by atoms with Crippen LogP contribution < -0.4 is 0 Å². The lowest BCUT2D eigenvalue weighted by atomic mass is 10.1. The first-order valence-corrected chi connectivity index (χ1v) is 4.43. The Labute approximate surface area is 59.4 Å². The van der Waals surface area contributed by atoms with Gasteiger partial charge in [-0.05, 0) is 12.8 Å². The van der Waals surface area contributed by atoms with Crippen molar-refractivity contribution in [1.29, 1.82) is 0 Å². The van der Waals surface area contributed by atoms with E-state index in [0.29, 0.717) is 12.8 Å². The van der Waals surface area contributed by atoms with E-state index in [0.717, 1.165) is 0 Å². The van der Waals surface area contributed by atoms with Crippen LogP contribution in [0.15, 0.2) is 23.8 Å². The van der Waals surface area contributed by atoms with Gasteiger partial charge in [0.1, 0.15) is 5.16 Å². The molecule has 0 spiro atoms. The van der Waals surface area contributed by atoms with Gasteiger partial charge in [-0.3, -0.25) is 0 Å². The van der Waals surface area contributed by atoms with Crippen LogP contribution in [0.1, 0.15) is 12.8 Å². The van der Waals surface area contributed by atoms with Crippen LogP contribution in [0.4, 0.5) is 0 Å². The van der Waals surface area contributed by atoms with Crippen molar-refractivity contribution in [3.8, 4) is 0 Å². The lowest BCUT2D eigenvalue weighted by Crippen LogP contribution is -2.11. The van der Waals surface area contributed by atoms with E-state index < -0.39 is 12.8 Å². The van der Waals surface area contributed by atoms with E-state index in [2.05, 4.69) is 0 Å². The second-order valence-electron chi connectivity index (χ2n) is 2.85. The summed E-state index contributed by atoms with van der Waals surface area (Å²) in [6, 6.07) is 0. The fraction of sp³-hybridized carbons (Fsp3) is 0.429. The fourth-order valence-corrected chi connectivity index (χ4v) is 2.27. The van der Waals surface area contributed by atoms with Crippen LogP contribution in [-0.4, -0.2) is 5.16 Å². The quantitative estimate of drug-likeness (QED) is 0.542. The van der Waals surface area contributed by atoms with Crippen molar-refractivity contribution < 1.29 is 9.13 Å². The van der Waals surface area contributed by atoms with Crippen LogP contribution in [0.25, 0.3) is 0 Å². The van der Waals surface area contributed by atoms with Gasteiger partial charge >= 0.3 is 7.68 Å². The molecule has 0 aromatic rings. The van der Waals surface area contributed by atoms with Gasteiger partial charge in [-0.2, -0.15) is 0 Å². The minimum Gasteiger partial charge on any atom is -0.236 e. The van der Waals surface area contributed by atoms with E-state index in [9.17, 15) is 9.13 Å². The van der Waals surface area contributed by atoms with E-state index in [4.69, 9.17) is 0 Å². The van der Waals surface area contributed by atoms with Crippen molar-refractivity contribution in [2.24, 2.45) is 0 Å². The van der Waals surface area contributed by atoms with Gasteiger partial charge in [0.05, 0.1) is 0 Å². The molecular formula is C7H7O2P. The van der Waals surface area contributed by atoms with Crippen molar-refractivity contribution in [3.05, 3.63) is 23.8 Å². The Morgan fingerprint density at radius 2 is 2.30 bits per heavy atom. The van der Waals surface area contributed by atoms with Gasteiger partial charge in [0.15, 0.2) is 0 Å². The van der Waals surface area contributed by atoms with Gasteiger partial charge in [-0.15, -0.1) is 0 Å². The van der Waals surface area contributed by atoms with Crippen molar-refractivity contribution >= 4 is 7.68 Å². The van der Waals surface area contributed by atoms with Crippen LogP contribution in [0.3, 0.4) is 0 Å². The zero-order valence-corrected chi connectivity index (χ0v) is 6.30. The zero-order chi connectivity index (χ0) is 7.19. The average Bonchev–Trinajstić information content (AvgIpc) is 2.45. The highest BCUT2D eigenvalue weighted by molar-refractivity contribution is 7.33. The molecule has 0 aromatic heterocycles. The van der Waals surface area contributed by atoms with Gasteiger partial charge in [0.2, 0.25) is 0 Å². The molecule has 0 fully saturated rings. The molecule has 2 aliphatic rings. The van der Waals surface area contributed by atoms with Crippen molar-refractivity contribution in [2.45, 2.75) is 18.0 Å². The van der Waals surface area contributed by atoms with Crippen LogP contribution in [0, 0.1) is 0 Å². The maximum absolute atomic E-state index is 10.7. The maximum Gasteiger partial charge on any atom is 0.326 e. The lowest BCUT2D eigenvalue weighted by Gasteiger charge is -2.10. The highest BCUT2D eigenvalue weighted by Crippen LogP contribution is 2.49. The average molecular weight is 154 g/mol. The first-order valence-electron chi connectivity index (χ1n) is 3.26. The van der Waals surface area contributed by atoms with Gasteiger partial charge in [0, 0.05) is 0 Å². The Morgan fingerprint density at radius 1 is 1.50 bits per heavy atom. The van der Waals surface area contributed by atoms with Crippen molar-refractivity contribution in [1.82, 2.24) is 0 Å². The minimum absolute atomic E-state index is 0.509. The van der Waals surface area contributed by atoms with Crippen LogP contribution in [-0.2, 0) is 9.13 Å². The molecule has 2 bridgehead atoms. The van der Waals surface area contributed by atoms with Gasteiger partial charge in [-0.25, -0.2) is 9.13 Å². The monoisotopic (exact) mass is 154 g/mol. The summed E-state index contributed by atoms with van der Waals surface area (Å²) in [7, 11) is -2.28. The van der Waals surface area contributed by atoms with Crippen LogP contribution in [0.2, 0.25) is 0 Å². The third-order valence-corrected chi connectivity index (χ3v) is 3.42. The minimum atomic E-state index is -2.28. The Hall–Kier alpha value is -0.620. The SMILES string of the molecule is O=P(=O)C12C=CC(=CC1)C2. The maximum atomic E-state index is 10.7. The highest BCUT2D eigenvalue weighted by atomic mass is 31.1. The molecule has 1 atom stereocenters. The Balaban J connectivity index is 2.48. The highest BCUT2D eigenvalue weighted by Gasteiger charge is 2.40. The molecule has 2 aliphatic carbocycles. The molecule has 1 unspecified atom stereocenters. The molecule has 2 rings (SSSR count). The molecule has 0 heterocycles. The summed E-state index contributed by atoms with van der Waals surface area (Å²) in [6.07, 6.45) is 7.14. The van der Waals surface area contributed by atoms with E-state index in [-0.39, 0.29) is 0 Å². The van der Waals surface area contributed by atoms with E-state index in [1.54, 1.807) is 0 Å². The third kappa shape index (κ3) is 0.600. The topological polar surface area (TPSA) is 34.1 Å². The van der Waals surface area contributed by atoms with Gasteiger partial charge in [-0.1, -0.05) is 23.8 Å². The van der Waals surface area contributed by atoms with Gasteiger partial charge in [0.25, 0.3) is 0 Å². The Morgan fingerprint density at radius 3 is 2.50 bits per heavy atom. The standard InChI is InChI=1S/C7H7O2P/c8-10(9)7-3-1-6(5-7)2-4-7/h1-3H,4-5H2. The molecular weight excluding hydrogens is 147 g/mol. The molecule has 2 nitrogen and oxygen atoms in total. The molecule has 0 amide bonds. The van der Waals surface area contributed by atoms with Crippen LogP contribution in [0.5, 0.6) is 0 Å². The predicted molar refractivity (Wildman–Crippen MR) is 37.5 cm³/mol. The first-order chi connectivity index (χ1) is 4.73.